The van der Waals surface area contributed by atoms with Crippen molar-refractivity contribution in [2.24, 2.45) is 0 Å². The van der Waals surface area contributed by atoms with Gasteiger partial charge in [-0.25, -0.2) is 0 Å². The zero-order valence-corrected chi connectivity index (χ0v) is 13.4. The van der Waals surface area contributed by atoms with Gasteiger partial charge in [-0.05, 0) is 36.4 Å². The highest BCUT2D eigenvalue weighted by atomic mass is 16.4. The molecule has 25 heavy (non-hydrogen) atoms. The first-order chi connectivity index (χ1) is 12.3. The predicted octanol–water partition coefficient (Wildman–Crippen LogP) is 2.22. The van der Waals surface area contributed by atoms with Crippen LogP contribution in [0.5, 0.6) is 0 Å². The van der Waals surface area contributed by atoms with Crippen LogP contribution in [0, 0.1) is 6.92 Å². The first-order valence-corrected chi connectivity index (χ1v) is 7.60. The van der Waals surface area contributed by atoms with Crippen molar-refractivity contribution >= 4 is 11.7 Å². The molecule has 0 fully saturated rings. The molecular formula is C16H14N8O. The molecule has 0 unspecified atom stereocenters. The lowest BCUT2D eigenvalue weighted by Crippen LogP contribution is -2.04. The lowest BCUT2D eigenvalue weighted by atomic mass is 10.2. The van der Waals surface area contributed by atoms with Crippen molar-refractivity contribution in [1.82, 2.24) is 35.4 Å². The first-order valence-electron chi connectivity index (χ1n) is 7.60. The summed E-state index contributed by atoms with van der Waals surface area (Å²) in [5.41, 5.74) is 2.85. The molecule has 1 aromatic carbocycles. The van der Waals surface area contributed by atoms with Crippen LogP contribution in [0.1, 0.15) is 11.5 Å². The number of aromatic nitrogens is 7. The third-order valence-corrected chi connectivity index (χ3v) is 3.42. The molecule has 0 saturated heterocycles. The van der Waals surface area contributed by atoms with Gasteiger partial charge in [-0.3, -0.25) is 4.98 Å². The summed E-state index contributed by atoms with van der Waals surface area (Å²) < 4.78 is 5.56. The number of hydrogen-bond acceptors (Lipinski definition) is 8. The van der Waals surface area contributed by atoms with Crippen molar-refractivity contribution in [3.05, 3.63) is 60.2 Å². The van der Waals surface area contributed by atoms with Crippen LogP contribution in [0.4, 0.5) is 11.7 Å². The Morgan fingerprint density at radius 2 is 1.96 bits per heavy atom. The predicted molar refractivity (Wildman–Crippen MR) is 88.9 cm³/mol. The number of aryl methyl sites for hydroxylation is 1. The minimum Gasteiger partial charge on any atom is -0.406 e. The van der Waals surface area contributed by atoms with Crippen LogP contribution in [0.2, 0.25) is 0 Å². The van der Waals surface area contributed by atoms with Gasteiger partial charge in [0.15, 0.2) is 0 Å². The summed E-state index contributed by atoms with van der Waals surface area (Å²) >= 11 is 0. The molecule has 3 aromatic heterocycles. The Morgan fingerprint density at radius 3 is 2.76 bits per heavy atom. The van der Waals surface area contributed by atoms with E-state index in [0.29, 0.717) is 17.7 Å². The fourth-order valence-electron chi connectivity index (χ4n) is 2.17. The minimum atomic E-state index is 0.232. The highest BCUT2D eigenvalue weighted by Gasteiger charge is 2.11. The van der Waals surface area contributed by atoms with Crippen molar-refractivity contribution in [2.45, 2.75) is 13.5 Å². The Labute approximate surface area is 142 Å². The topological polar surface area (TPSA) is 107 Å². The van der Waals surface area contributed by atoms with Crippen molar-refractivity contribution in [3.8, 4) is 11.4 Å². The van der Waals surface area contributed by atoms with Crippen LogP contribution in [-0.2, 0) is 6.54 Å². The molecule has 4 rings (SSSR count). The fraction of sp³-hybridized carbons (Fsp3) is 0.125. The summed E-state index contributed by atoms with van der Waals surface area (Å²) in [5, 5.41) is 23.3. The second kappa shape index (κ2) is 6.48. The molecular weight excluding hydrogens is 320 g/mol. The van der Waals surface area contributed by atoms with E-state index in [0.717, 1.165) is 11.3 Å². The molecule has 0 atom stereocenters. The fourth-order valence-corrected chi connectivity index (χ4v) is 2.17. The zero-order valence-electron chi connectivity index (χ0n) is 13.4. The molecule has 1 N–H and O–H groups in total. The number of rotatable bonds is 5. The van der Waals surface area contributed by atoms with Crippen molar-refractivity contribution < 1.29 is 4.42 Å². The Hall–Kier alpha value is -3.62. The van der Waals surface area contributed by atoms with Crippen LogP contribution in [-0.4, -0.2) is 35.4 Å². The van der Waals surface area contributed by atoms with Crippen molar-refractivity contribution in [1.29, 1.82) is 0 Å². The van der Waals surface area contributed by atoms with E-state index in [2.05, 4.69) is 35.9 Å². The maximum absolute atomic E-state index is 5.56. The average Bonchev–Trinajstić information content (AvgIpc) is 3.28. The number of nitrogens with one attached hydrogen (secondary N) is 1. The van der Waals surface area contributed by atoms with Gasteiger partial charge in [-0.2, -0.15) is 4.80 Å². The van der Waals surface area contributed by atoms with E-state index in [4.69, 9.17) is 4.42 Å². The van der Waals surface area contributed by atoms with E-state index in [1.807, 2.05) is 43.3 Å². The standard InChI is InChI=1S/C16H14N8O/c1-11-4-6-13(7-5-11)18-16-21-19-14(25-16)10-24-22-15(20-23-24)12-3-2-8-17-9-12/h2-9H,10H2,1H3,(H,18,21). The van der Waals surface area contributed by atoms with E-state index in [1.54, 1.807) is 12.4 Å². The van der Waals surface area contributed by atoms with Gasteiger partial charge in [0.25, 0.3) is 0 Å². The molecule has 0 aliphatic rings. The van der Waals surface area contributed by atoms with Crippen LogP contribution >= 0.6 is 0 Å². The Bertz CT molecular complexity index is 961. The minimum absolute atomic E-state index is 0.232. The number of tetrazole rings is 1. The summed E-state index contributed by atoms with van der Waals surface area (Å²) in [6.45, 7) is 2.26. The summed E-state index contributed by atoms with van der Waals surface area (Å²) in [5.74, 6) is 0.871. The molecule has 9 heteroatoms. The maximum atomic E-state index is 5.56. The van der Waals surface area contributed by atoms with Gasteiger partial charge in [0.05, 0.1) is 0 Å². The van der Waals surface area contributed by atoms with Gasteiger partial charge in [-0.1, -0.05) is 22.8 Å². The van der Waals surface area contributed by atoms with Gasteiger partial charge in [-0.15, -0.1) is 15.3 Å². The van der Waals surface area contributed by atoms with E-state index >= 15 is 0 Å². The van der Waals surface area contributed by atoms with Gasteiger partial charge in [0, 0.05) is 23.6 Å². The van der Waals surface area contributed by atoms with E-state index < -0.39 is 0 Å². The molecule has 9 nitrogen and oxygen atoms in total. The van der Waals surface area contributed by atoms with E-state index in [9.17, 15) is 0 Å². The van der Waals surface area contributed by atoms with Crippen LogP contribution < -0.4 is 5.32 Å². The molecule has 0 bridgehead atoms. The third-order valence-electron chi connectivity index (χ3n) is 3.42. The molecule has 4 aromatic rings. The monoisotopic (exact) mass is 334 g/mol. The smallest absolute Gasteiger partial charge is 0.320 e. The van der Waals surface area contributed by atoms with Gasteiger partial charge in [0.1, 0.15) is 6.54 Å². The molecule has 0 amide bonds. The summed E-state index contributed by atoms with van der Waals surface area (Å²) in [4.78, 5) is 5.43. The van der Waals surface area contributed by atoms with Crippen LogP contribution in [0.3, 0.4) is 0 Å². The lowest BCUT2D eigenvalue weighted by molar-refractivity contribution is 0.448. The van der Waals surface area contributed by atoms with E-state index in [1.165, 1.54) is 10.4 Å². The normalized spacial score (nSPS) is 10.8. The van der Waals surface area contributed by atoms with Gasteiger partial charge in [0.2, 0.25) is 11.7 Å². The first kappa shape index (κ1) is 14.9. The maximum Gasteiger partial charge on any atom is 0.320 e. The SMILES string of the molecule is Cc1ccc(Nc2nnc(Cn3nnc(-c4cccnc4)n3)o2)cc1. The van der Waals surface area contributed by atoms with Crippen molar-refractivity contribution in [2.75, 3.05) is 5.32 Å². The molecule has 0 saturated carbocycles. The second-order valence-electron chi connectivity index (χ2n) is 5.38. The largest absolute Gasteiger partial charge is 0.406 e. The van der Waals surface area contributed by atoms with Gasteiger partial charge >= 0.3 is 6.01 Å². The summed E-state index contributed by atoms with van der Waals surface area (Å²) in [7, 11) is 0. The number of benzene rings is 1. The highest BCUT2D eigenvalue weighted by Crippen LogP contribution is 2.16. The Kier molecular flexibility index (Phi) is 3.87. The van der Waals surface area contributed by atoms with Crippen LogP contribution in [0.15, 0.2) is 53.2 Å². The van der Waals surface area contributed by atoms with Crippen LogP contribution in [0.25, 0.3) is 11.4 Å². The lowest BCUT2D eigenvalue weighted by Gasteiger charge is -2.00. The Balaban J connectivity index is 1.44. The number of pyridine rings is 1. The quantitative estimate of drug-likeness (QED) is 0.592. The summed E-state index contributed by atoms with van der Waals surface area (Å²) in [6, 6.07) is 11.9. The Morgan fingerprint density at radius 1 is 1.08 bits per heavy atom. The molecule has 0 aliphatic heterocycles. The molecule has 0 radical (unpaired) electrons. The molecule has 0 aliphatic carbocycles. The number of anilines is 2. The number of hydrogen-bond donors (Lipinski definition) is 1. The van der Waals surface area contributed by atoms with E-state index in [-0.39, 0.29) is 6.54 Å². The zero-order chi connectivity index (χ0) is 17.1. The molecule has 0 spiro atoms. The molecule has 124 valence electrons. The number of nitrogens with zero attached hydrogens (tertiary/aromatic N) is 7. The molecule has 3 heterocycles. The highest BCUT2D eigenvalue weighted by molar-refractivity contribution is 5.52. The average molecular weight is 334 g/mol. The van der Waals surface area contributed by atoms with Gasteiger partial charge < -0.3 is 9.73 Å². The summed E-state index contributed by atoms with van der Waals surface area (Å²) in [6.07, 6.45) is 3.37. The third kappa shape index (κ3) is 3.50. The van der Waals surface area contributed by atoms with Crippen molar-refractivity contribution in [3.63, 3.8) is 0 Å². The second-order valence-corrected chi connectivity index (χ2v) is 5.38.